The van der Waals surface area contributed by atoms with Gasteiger partial charge in [-0.1, -0.05) is 26.8 Å². The fourth-order valence-electron chi connectivity index (χ4n) is 5.54. The first-order valence-electron chi connectivity index (χ1n) is 11.0. The maximum Gasteiger partial charge on any atom is 0.267 e. The molecule has 5 atom stereocenters. The van der Waals surface area contributed by atoms with Crippen molar-refractivity contribution in [3.05, 3.63) is 47.7 Å². The number of primary amides is 1. The van der Waals surface area contributed by atoms with E-state index in [9.17, 15) is 9.90 Å². The van der Waals surface area contributed by atoms with Gasteiger partial charge in [0.1, 0.15) is 11.4 Å². The summed E-state index contributed by atoms with van der Waals surface area (Å²) >= 11 is 0. The molecule has 1 unspecified atom stereocenters. The maximum absolute atomic E-state index is 12.4. The van der Waals surface area contributed by atoms with Gasteiger partial charge in [0.15, 0.2) is 0 Å². The zero-order valence-electron chi connectivity index (χ0n) is 18.9. The van der Waals surface area contributed by atoms with Gasteiger partial charge in [-0.3, -0.25) is 9.69 Å². The smallest absolute Gasteiger partial charge is 0.267 e. The molecule has 5 rings (SSSR count). The van der Waals surface area contributed by atoms with Crippen LogP contribution in [0.15, 0.2) is 30.9 Å². The van der Waals surface area contributed by atoms with Crippen LogP contribution in [0.5, 0.6) is 5.75 Å². The normalized spacial score (nSPS) is 26.6. The van der Waals surface area contributed by atoms with Crippen molar-refractivity contribution in [1.82, 2.24) is 9.88 Å². The van der Waals surface area contributed by atoms with E-state index in [-0.39, 0.29) is 11.7 Å². The van der Waals surface area contributed by atoms with Crippen LogP contribution in [0, 0.1) is 11.8 Å². The number of carbonyl (C=O) groups is 1. The van der Waals surface area contributed by atoms with Gasteiger partial charge in [-0.2, -0.15) is 0 Å². The van der Waals surface area contributed by atoms with E-state index in [1.54, 1.807) is 7.11 Å². The predicted octanol–water partition coefficient (Wildman–Crippen LogP) is 3.57. The molecule has 0 radical (unpaired) electrons. The molecule has 4 heterocycles. The second-order valence-electron chi connectivity index (χ2n) is 9.94. The van der Waals surface area contributed by atoms with E-state index in [4.69, 9.17) is 10.5 Å². The summed E-state index contributed by atoms with van der Waals surface area (Å²) in [6.45, 7) is 12.0. The highest BCUT2D eigenvalue weighted by Crippen LogP contribution is 2.45. The number of aliphatic hydroxyl groups is 1. The summed E-state index contributed by atoms with van der Waals surface area (Å²) in [6.07, 6.45) is 3.32. The van der Waals surface area contributed by atoms with Crippen LogP contribution in [0.4, 0.5) is 0 Å². The van der Waals surface area contributed by atoms with E-state index in [2.05, 4.69) is 22.5 Å². The highest BCUT2D eigenvalue weighted by atomic mass is 16.5. The van der Waals surface area contributed by atoms with Crippen LogP contribution in [0.2, 0.25) is 0 Å². The number of hydrogen-bond donors (Lipinski definition) is 2. The minimum Gasteiger partial charge on any atom is -0.497 e. The second kappa shape index (κ2) is 7.92. The number of benzene rings is 1. The molecule has 3 N–H and O–H groups in total. The van der Waals surface area contributed by atoms with Gasteiger partial charge in [-0.05, 0) is 66.0 Å². The standard InChI is InChI=1S/C25H33N3O3/c1-6-14-13-28-10-9-15(14)11-19(28)23(29)20-17-12-16(31-5)7-8-18(17)27-22(24(26)30)21(20)25(2,3)4/h6-8,12,14-15,19,23,29H,1,9-11,13H2,2-5H3,(H2,26,30)/t14-,15-,19+,23+/m0/s1. The van der Waals surface area contributed by atoms with Crippen molar-refractivity contribution in [2.75, 3.05) is 20.2 Å². The van der Waals surface area contributed by atoms with E-state index in [1.807, 2.05) is 39.0 Å². The monoisotopic (exact) mass is 423 g/mol. The molecule has 31 heavy (non-hydrogen) atoms. The molecule has 2 aromatic rings. The Morgan fingerprint density at radius 2 is 2.16 bits per heavy atom. The van der Waals surface area contributed by atoms with E-state index < -0.39 is 17.4 Å². The molecular weight excluding hydrogens is 390 g/mol. The van der Waals surface area contributed by atoms with Crippen LogP contribution < -0.4 is 10.5 Å². The van der Waals surface area contributed by atoms with Gasteiger partial charge in [0.2, 0.25) is 0 Å². The topological polar surface area (TPSA) is 88.7 Å². The van der Waals surface area contributed by atoms with Gasteiger partial charge in [-0.25, -0.2) is 4.98 Å². The molecule has 1 aromatic carbocycles. The van der Waals surface area contributed by atoms with Gasteiger partial charge >= 0.3 is 0 Å². The maximum atomic E-state index is 12.4. The summed E-state index contributed by atoms with van der Waals surface area (Å²) in [6, 6.07) is 5.52. The molecule has 166 valence electrons. The minimum atomic E-state index is -0.765. The lowest BCUT2D eigenvalue weighted by Crippen LogP contribution is -2.55. The van der Waals surface area contributed by atoms with Crippen molar-refractivity contribution in [2.24, 2.45) is 17.6 Å². The first-order valence-corrected chi connectivity index (χ1v) is 11.0. The van der Waals surface area contributed by atoms with Crippen molar-refractivity contribution in [2.45, 2.75) is 51.2 Å². The Kier molecular flexibility index (Phi) is 5.56. The number of methoxy groups -OCH3 is 1. The molecule has 3 saturated heterocycles. The lowest BCUT2D eigenvalue weighted by Gasteiger charge is -2.51. The van der Waals surface area contributed by atoms with Gasteiger partial charge in [0.05, 0.1) is 18.7 Å². The predicted molar refractivity (Wildman–Crippen MR) is 122 cm³/mol. The molecule has 2 bridgehead atoms. The Bertz CT molecular complexity index is 1030. The molecule has 0 spiro atoms. The third-order valence-corrected chi connectivity index (χ3v) is 7.03. The van der Waals surface area contributed by atoms with Gasteiger partial charge in [0, 0.05) is 18.0 Å². The van der Waals surface area contributed by atoms with E-state index in [0.717, 1.165) is 42.4 Å². The molecule has 6 heteroatoms. The number of rotatable bonds is 5. The third kappa shape index (κ3) is 3.72. The highest BCUT2D eigenvalue weighted by molar-refractivity contribution is 5.98. The van der Waals surface area contributed by atoms with Crippen LogP contribution in [0.3, 0.4) is 0 Å². The zero-order chi connectivity index (χ0) is 22.5. The van der Waals surface area contributed by atoms with Crippen molar-refractivity contribution >= 4 is 16.8 Å². The Hall–Kier alpha value is -2.44. The van der Waals surface area contributed by atoms with Gasteiger partial charge in [0.25, 0.3) is 5.91 Å². The summed E-state index contributed by atoms with van der Waals surface area (Å²) in [5.74, 6) is 1.10. The van der Waals surface area contributed by atoms with Crippen LogP contribution >= 0.6 is 0 Å². The van der Waals surface area contributed by atoms with Gasteiger partial charge < -0.3 is 15.6 Å². The minimum absolute atomic E-state index is 0.0198. The molecule has 0 aliphatic carbocycles. The fraction of sp³-hybridized carbons (Fsp3) is 0.520. The number of aliphatic hydroxyl groups excluding tert-OH is 1. The first kappa shape index (κ1) is 21.8. The Morgan fingerprint density at radius 1 is 1.42 bits per heavy atom. The van der Waals surface area contributed by atoms with Crippen LogP contribution in [-0.2, 0) is 5.41 Å². The summed E-state index contributed by atoms with van der Waals surface area (Å²) in [5.41, 5.74) is 7.68. The summed E-state index contributed by atoms with van der Waals surface area (Å²) in [5, 5.41) is 12.7. The SMILES string of the molecule is C=C[C@H]1CN2CC[C@H]1C[C@@H]2[C@@H](O)c1c(C(C)(C)C)c(C(N)=O)nc2ccc(OC)cc12. The van der Waals surface area contributed by atoms with Crippen molar-refractivity contribution in [1.29, 1.82) is 0 Å². The molecule has 0 saturated carbocycles. The quantitative estimate of drug-likeness (QED) is 0.718. The summed E-state index contributed by atoms with van der Waals surface area (Å²) in [7, 11) is 1.62. The summed E-state index contributed by atoms with van der Waals surface area (Å²) in [4.78, 5) is 19.4. The average molecular weight is 424 g/mol. The number of nitrogens with zero attached hydrogens (tertiary/aromatic N) is 2. The highest BCUT2D eigenvalue weighted by Gasteiger charge is 2.44. The molecule has 6 nitrogen and oxygen atoms in total. The number of aromatic nitrogens is 1. The van der Waals surface area contributed by atoms with Crippen molar-refractivity contribution < 1.29 is 14.6 Å². The first-order chi connectivity index (χ1) is 14.7. The molecule has 3 aliphatic heterocycles. The van der Waals surface area contributed by atoms with Crippen molar-refractivity contribution in [3.8, 4) is 5.75 Å². The number of pyridine rings is 1. The molecule has 3 fully saturated rings. The lowest BCUT2D eigenvalue weighted by atomic mass is 9.71. The molecule has 1 aromatic heterocycles. The van der Waals surface area contributed by atoms with Gasteiger partial charge in [-0.15, -0.1) is 6.58 Å². The molecule has 3 aliphatic rings. The Balaban J connectivity index is 1.94. The largest absolute Gasteiger partial charge is 0.497 e. The number of amides is 1. The van der Waals surface area contributed by atoms with Crippen LogP contribution in [0.25, 0.3) is 10.9 Å². The molecule has 1 amide bonds. The number of carbonyl (C=O) groups excluding carboxylic acids is 1. The number of ether oxygens (including phenoxy) is 1. The molecular formula is C25H33N3O3. The number of piperidine rings is 3. The Morgan fingerprint density at radius 3 is 2.71 bits per heavy atom. The second-order valence-corrected chi connectivity index (χ2v) is 9.94. The van der Waals surface area contributed by atoms with E-state index >= 15 is 0 Å². The lowest BCUT2D eigenvalue weighted by molar-refractivity contribution is -0.0449. The number of fused-ring (bicyclic) bond motifs is 4. The van der Waals surface area contributed by atoms with E-state index in [0.29, 0.717) is 23.1 Å². The van der Waals surface area contributed by atoms with Crippen molar-refractivity contribution in [3.63, 3.8) is 0 Å². The van der Waals surface area contributed by atoms with E-state index in [1.165, 1.54) is 0 Å². The van der Waals surface area contributed by atoms with Crippen LogP contribution in [0.1, 0.15) is 61.3 Å². The fourth-order valence-corrected chi connectivity index (χ4v) is 5.54. The number of nitrogens with two attached hydrogens (primary N) is 1. The third-order valence-electron chi connectivity index (χ3n) is 7.03. The van der Waals surface area contributed by atoms with Crippen LogP contribution in [-0.4, -0.2) is 47.1 Å². The zero-order valence-corrected chi connectivity index (χ0v) is 18.9. The average Bonchev–Trinajstić information content (AvgIpc) is 2.76. The summed E-state index contributed by atoms with van der Waals surface area (Å²) < 4.78 is 5.46. The number of hydrogen-bond acceptors (Lipinski definition) is 5. The Labute approximate surface area is 184 Å².